The molecule has 0 amide bonds. The maximum atomic E-state index is 2.32. The summed E-state index contributed by atoms with van der Waals surface area (Å²) in [5.74, 6) is 4.60. The van der Waals surface area contributed by atoms with Crippen molar-refractivity contribution in [2.45, 2.75) is 85.0 Å². The van der Waals surface area contributed by atoms with Crippen LogP contribution >= 0.6 is 0 Å². The third kappa shape index (κ3) is 12.6. The molecular weight excluding hydrogens is 224 g/mol. The molecule has 0 atom stereocenters. The lowest BCUT2D eigenvalue weighted by Crippen LogP contribution is -2.16. The molecule has 0 unspecified atom stereocenters. The van der Waals surface area contributed by atoms with Gasteiger partial charge in [0.1, 0.15) is 17.3 Å². The normalized spacial score (nSPS) is 11.3. The first-order valence-electron chi connectivity index (χ1n) is 7.99. The van der Waals surface area contributed by atoms with Crippen LogP contribution in [0.4, 0.5) is 0 Å². The number of rotatable bonds is 13. The summed E-state index contributed by atoms with van der Waals surface area (Å²) in [5, 5.41) is 0. The molecular formula is C16H35S+. The summed E-state index contributed by atoms with van der Waals surface area (Å²) in [7, 11) is 0.769. The number of hydrogen-bond donors (Lipinski definition) is 0. The van der Waals surface area contributed by atoms with Gasteiger partial charge in [-0.2, -0.15) is 0 Å². The van der Waals surface area contributed by atoms with E-state index in [1.54, 1.807) is 0 Å². The molecule has 1 heteroatoms. The van der Waals surface area contributed by atoms with E-state index in [1.165, 1.54) is 81.5 Å². The molecule has 0 fully saturated rings. The third-order valence-electron chi connectivity index (χ3n) is 3.36. The van der Waals surface area contributed by atoms with Gasteiger partial charge in [0.2, 0.25) is 0 Å². The Labute approximate surface area is 113 Å². The molecule has 104 valence electrons. The molecule has 0 aromatic rings. The molecule has 0 heterocycles. The summed E-state index contributed by atoms with van der Waals surface area (Å²) < 4.78 is 0. The van der Waals surface area contributed by atoms with Crippen LogP contribution in [-0.4, -0.2) is 17.3 Å². The number of hydrogen-bond acceptors (Lipinski definition) is 0. The van der Waals surface area contributed by atoms with E-state index in [0.717, 1.165) is 10.9 Å². The Morgan fingerprint density at radius 1 is 0.471 bits per heavy atom. The molecule has 0 aromatic carbocycles. The van der Waals surface area contributed by atoms with Crippen LogP contribution in [0.25, 0.3) is 0 Å². The molecule has 0 bridgehead atoms. The third-order valence-corrected chi connectivity index (χ3v) is 5.96. The Bertz CT molecular complexity index is 123. The number of unbranched alkanes of at least 4 members (excludes halogenated alkanes) is 7. The molecule has 0 aliphatic carbocycles. The van der Waals surface area contributed by atoms with E-state index in [4.69, 9.17) is 0 Å². The SMILES string of the molecule is CCCCCC[S+](CCCCC)CCCCC. The van der Waals surface area contributed by atoms with Gasteiger partial charge in [-0.05, 0) is 49.4 Å². The Balaban J connectivity index is 3.60. The highest BCUT2D eigenvalue weighted by molar-refractivity contribution is 7.96. The minimum atomic E-state index is 0.769. The van der Waals surface area contributed by atoms with Crippen molar-refractivity contribution >= 4 is 10.9 Å². The lowest BCUT2D eigenvalue weighted by molar-refractivity contribution is 0.702. The Morgan fingerprint density at radius 2 is 0.824 bits per heavy atom. The second-order valence-electron chi connectivity index (χ2n) is 5.20. The first-order chi connectivity index (χ1) is 8.35. The minimum Gasteiger partial charge on any atom is -0.0654 e. The van der Waals surface area contributed by atoms with Crippen LogP contribution < -0.4 is 0 Å². The average molecular weight is 260 g/mol. The maximum Gasteiger partial charge on any atom is 0.108 e. The van der Waals surface area contributed by atoms with Gasteiger partial charge < -0.3 is 0 Å². The summed E-state index contributed by atoms with van der Waals surface area (Å²) in [6.07, 6.45) is 14.4. The molecule has 0 N–H and O–H groups in total. The molecule has 0 saturated carbocycles. The van der Waals surface area contributed by atoms with E-state index in [1.807, 2.05) is 0 Å². The van der Waals surface area contributed by atoms with Gasteiger partial charge in [-0.3, -0.25) is 0 Å². The summed E-state index contributed by atoms with van der Waals surface area (Å²) in [6, 6.07) is 0. The molecule has 0 radical (unpaired) electrons. The summed E-state index contributed by atoms with van der Waals surface area (Å²) >= 11 is 0. The van der Waals surface area contributed by atoms with Crippen molar-refractivity contribution < 1.29 is 0 Å². The molecule has 0 spiro atoms. The summed E-state index contributed by atoms with van der Waals surface area (Å²) in [4.78, 5) is 0. The van der Waals surface area contributed by atoms with Gasteiger partial charge in [-0.1, -0.05) is 46.5 Å². The second-order valence-corrected chi connectivity index (χ2v) is 7.65. The van der Waals surface area contributed by atoms with Gasteiger partial charge in [0.25, 0.3) is 0 Å². The van der Waals surface area contributed by atoms with Crippen LogP contribution in [-0.2, 0) is 10.9 Å². The lowest BCUT2D eigenvalue weighted by Gasteiger charge is -2.08. The van der Waals surface area contributed by atoms with Crippen LogP contribution in [0.2, 0.25) is 0 Å². The Kier molecular flexibility index (Phi) is 14.7. The molecule has 0 aromatic heterocycles. The summed E-state index contributed by atoms with van der Waals surface area (Å²) in [6.45, 7) is 6.94. The van der Waals surface area contributed by atoms with Gasteiger partial charge in [0.15, 0.2) is 0 Å². The van der Waals surface area contributed by atoms with Crippen molar-refractivity contribution in [1.29, 1.82) is 0 Å². The fraction of sp³-hybridized carbons (Fsp3) is 1.00. The highest BCUT2D eigenvalue weighted by atomic mass is 32.2. The van der Waals surface area contributed by atoms with Crippen molar-refractivity contribution in [3.63, 3.8) is 0 Å². The van der Waals surface area contributed by atoms with Crippen LogP contribution in [0.15, 0.2) is 0 Å². The van der Waals surface area contributed by atoms with E-state index >= 15 is 0 Å². The average Bonchev–Trinajstić information content (AvgIpc) is 2.34. The zero-order valence-corrected chi connectivity index (χ0v) is 13.4. The fourth-order valence-electron chi connectivity index (χ4n) is 2.15. The quantitative estimate of drug-likeness (QED) is 0.300. The lowest BCUT2D eigenvalue weighted by atomic mass is 10.2. The fourth-order valence-corrected chi connectivity index (χ4v) is 4.60. The predicted molar refractivity (Wildman–Crippen MR) is 85.2 cm³/mol. The topological polar surface area (TPSA) is 0 Å². The van der Waals surface area contributed by atoms with Crippen LogP contribution in [0.3, 0.4) is 0 Å². The Hall–Kier alpha value is 0.350. The monoisotopic (exact) mass is 259 g/mol. The van der Waals surface area contributed by atoms with Crippen molar-refractivity contribution in [3.05, 3.63) is 0 Å². The molecule has 0 saturated heterocycles. The van der Waals surface area contributed by atoms with Gasteiger partial charge in [0, 0.05) is 0 Å². The van der Waals surface area contributed by atoms with Crippen molar-refractivity contribution in [2.24, 2.45) is 0 Å². The first-order valence-corrected chi connectivity index (χ1v) is 9.72. The Morgan fingerprint density at radius 3 is 1.24 bits per heavy atom. The van der Waals surface area contributed by atoms with Crippen molar-refractivity contribution in [2.75, 3.05) is 17.3 Å². The van der Waals surface area contributed by atoms with Crippen molar-refractivity contribution in [3.8, 4) is 0 Å². The van der Waals surface area contributed by atoms with Crippen LogP contribution in [0, 0.1) is 0 Å². The van der Waals surface area contributed by atoms with Crippen LogP contribution in [0.1, 0.15) is 85.0 Å². The van der Waals surface area contributed by atoms with E-state index in [0.29, 0.717) is 0 Å². The van der Waals surface area contributed by atoms with E-state index < -0.39 is 0 Å². The smallest absolute Gasteiger partial charge is 0.0654 e. The molecule has 0 aliphatic heterocycles. The van der Waals surface area contributed by atoms with Gasteiger partial charge >= 0.3 is 0 Å². The zero-order chi connectivity index (χ0) is 12.8. The first kappa shape index (κ1) is 17.4. The summed E-state index contributed by atoms with van der Waals surface area (Å²) in [5.41, 5.74) is 0. The van der Waals surface area contributed by atoms with Crippen molar-refractivity contribution in [1.82, 2.24) is 0 Å². The minimum absolute atomic E-state index is 0.769. The maximum absolute atomic E-state index is 2.32. The zero-order valence-electron chi connectivity index (χ0n) is 12.6. The second kappa shape index (κ2) is 14.4. The highest BCUT2D eigenvalue weighted by Crippen LogP contribution is 2.11. The van der Waals surface area contributed by atoms with E-state index in [-0.39, 0.29) is 0 Å². The molecule has 17 heavy (non-hydrogen) atoms. The molecule has 0 nitrogen and oxygen atoms in total. The molecule has 0 aliphatic rings. The standard InChI is InChI=1S/C16H35S/c1-4-7-10-13-16-17(14-11-8-5-2)15-12-9-6-3/h4-16H2,1-3H3/q+1. The van der Waals surface area contributed by atoms with Crippen LogP contribution in [0.5, 0.6) is 0 Å². The predicted octanol–water partition coefficient (Wildman–Crippen LogP) is 5.57. The van der Waals surface area contributed by atoms with E-state index in [2.05, 4.69) is 20.8 Å². The van der Waals surface area contributed by atoms with Gasteiger partial charge in [-0.25, -0.2) is 0 Å². The molecule has 0 rings (SSSR count). The highest BCUT2D eigenvalue weighted by Gasteiger charge is 2.16. The van der Waals surface area contributed by atoms with Gasteiger partial charge in [-0.15, -0.1) is 0 Å². The van der Waals surface area contributed by atoms with Gasteiger partial charge in [0.05, 0.1) is 0 Å². The largest absolute Gasteiger partial charge is 0.108 e. The van der Waals surface area contributed by atoms with E-state index in [9.17, 15) is 0 Å².